The Balaban J connectivity index is 2.18. The van der Waals surface area contributed by atoms with Crippen LogP contribution in [0.15, 0.2) is 24.3 Å². The maximum absolute atomic E-state index is 12.2. The summed E-state index contributed by atoms with van der Waals surface area (Å²) in [7, 11) is 3.20. The molecule has 0 unspecified atom stereocenters. The molecule has 20 heavy (non-hydrogen) atoms. The Morgan fingerprint density at radius 1 is 1.50 bits per heavy atom. The van der Waals surface area contributed by atoms with E-state index in [0.717, 1.165) is 11.3 Å². The molecule has 6 heteroatoms. The summed E-state index contributed by atoms with van der Waals surface area (Å²) in [6, 6.07) is 7.44. The third-order valence-corrected chi connectivity index (χ3v) is 4.58. The van der Waals surface area contributed by atoms with Gasteiger partial charge in [0, 0.05) is 12.6 Å². The van der Waals surface area contributed by atoms with Crippen LogP contribution in [0.2, 0.25) is 0 Å². The second kappa shape index (κ2) is 4.34. The molecule has 0 aliphatic carbocycles. The van der Waals surface area contributed by atoms with Crippen LogP contribution in [0.1, 0.15) is 18.5 Å². The minimum atomic E-state index is -0.853. The number of benzene rings is 1. The summed E-state index contributed by atoms with van der Waals surface area (Å²) in [6.45, 7) is 1.87. The molecule has 0 radical (unpaired) electrons. The van der Waals surface area contributed by atoms with E-state index in [2.05, 4.69) is 5.32 Å². The number of rotatable bonds is 1. The fourth-order valence-electron chi connectivity index (χ4n) is 2.96. The molecule has 106 valence electrons. The first kappa shape index (κ1) is 13.2. The number of esters is 1. The zero-order chi connectivity index (χ0) is 14.5. The predicted octanol–water partition coefficient (Wildman–Crippen LogP) is 1.45. The van der Waals surface area contributed by atoms with Gasteiger partial charge in [-0.2, -0.15) is 0 Å². The topological polar surface area (TPSA) is 50.8 Å². The van der Waals surface area contributed by atoms with Crippen LogP contribution in [0.4, 0.5) is 0 Å². The Kier molecular flexibility index (Phi) is 2.86. The fraction of sp³-hybridized carbons (Fsp3) is 0.429. The predicted molar refractivity (Wildman–Crippen MR) is 77.2 cm³/mol. The summed E-state index contributed by atoms with van der Waals surface area (Å²) >= 11 is 5.34. The maximum Gasteiger partial charge on any atom is 0.317 e. The van der Waals surface area contributed by atoms with E-state index < -0.39 is 11.6 Å². The normalized spacial score (nSPS) is 30.9. The van der Waals surface area contributed by atoms with Crippen LogP contribution in [-0.4, -0.2) is 35.9 Å². The maximum atomic E-state index is 12.2. The molecule has 2 aliphatic rings. The molecular formula is C14H16N2O3S. The van der Waals surface area contributed by atoms with Crippen LogP contribution in [0, 0.1) is 5.92 Å². The third kappa shape index (κ3) is 1.61. The Morgan fingerprint density at radius 2 is 2.20 bits per heavy atom. The van der Waals surface area contributed by atoms with Crippen molar-refractivity contribution in [2.45, 2.75) is 18.7 Å². The van der Waals surface area contributed by atoms with Gasteiger partial charge in [0.15, 0.2) is 10.8 Å². The number of fused-ring (bicyclic) bond motifs is 4. The number of hydrogen-bond donors (Lipinski definition) is 1. The first-order chi connectivity index (χ1) is 9.49. The molecule has 0 aromatic heterocycles. The van der Waals surface area contributed by atoms with Gasteiger partial charge in [-0.1, -0.05) is 18.2 Å². The number of para-hydroxylation sites is 1. The molecular weight excluding hydrogens is 276 g/mol. The van der Waals surface area contributed by atoms with E-state index >= 15 is 0 Å². The summed E-state index contributed by atoms with van der Waals surface area (Å²) in [5, 5.41) is 3.78. The number of carbonyl (C=O) groups is 1. The number of nitrogens with one attached hydrogen (secondary N) is 1. The smallest absolute Gasteiger partial charge is 0.317 e. The van der Waals surface area contributed by atoms with Crippen molar-refractivity contribution in [3.63, 3.8) is 0 Å². The van der Waals surface area contributed by atoms with Crippen LogP contribution in [-0.2, 0) is 9.53 Å². The molecule has 2 heterocycles. The van der Waals surface area contributed by atoms with Crippen molar-refractivity contribution in [1.29, 1.82) is 0 Å². The molecule has 1 aromatic rings. The molecule has 0 amide bonds. The Morgan fingerprint density at radius 3 is 2.90 bits per heavy atom. The quantitative estimate of drug-likeness (QED) is 0.624. The largest absolute Gasteiger partial charge is 0.469 e. The Bertz CT molecular complexity index is 592. The summed E-state index contributed by atoms with van der Waals surface area (Å²) < 4.78 is 11.1. The highest BCUT2D eigenvalue weighted by Gasteiger charge is 2.58. The van der Waals surface area contributed by atoms with Crippen LogP contribution < -0.4 is 10.1 Å². The molecule has 0 spiro atoms. The monoisotopic (exact) mass is 292 g/mol. The lowest BCUT2D eigenvalue weighted by molar-refractivity contribution is -0.170. The van der Waals surface area contributed by atoms with Crippen LogP contribution >= 0.6 is 12.2 Å². The average Bonchev–Trinajstić information content (AvgIpc) is 2.44. The third-order valence-electron chi connectivity index (χ3n) is 4.19. The van der Waals surface area contributed by atoms with Gasteiger partial charge in [-0.05, 0) is 25.2 Å². The number of methoxy groups -OCH3 is 1. The fourth-order valence-corrected chi connectivity index (χ4v) is 3.26. The Hall–Kier alpha value is -1.82. The highest BCUT2D eigenvalue weighted by molar-refractivity contribution is 7.80. The van der Waals surface area contributed by atoms with Crippen molar-refractivity contribution in [3.8, 4) is 5.75 Å². The van der Waals surface area contributed by atoms with Crippen LogP contribution in [0.25, 0.3) is 0 Å². The van der Waals surface area contributed by atoms with Crippen molar-refractivity contribution < 1.29 is 14.3 Å². The van der Waals surface area contributed by atoms with E-state index in [9.17, 15) is 4.79 Å². The summed E-state index contributed by atoms with van der Waals surface area (Å²) in [6.07, 6.45) is 0. The van der Waals surface area contributed by atoms with E-state index in [4.69, 9.17) is 21.7 Å². The summed E-state index contributed by atoms with van der Waals surface area (Å²) in [5.74, 6) is -0.0324. The van der Waals surface area contributed by atoms with Gasteiger partial charge in [-0.25, -0.2) is 0 Å². The second-order valence-corrected chi connectivity index (χ2v) is 5.57. The number of thiocarbonyl (C=S) groups is 1. The lowest BCUT2D eigenvalue weighted by Crippen LogP contribution is -2.70. The van der Waals surface area contributed by atoms with Gasteiger partial charge in [0.05, 0.1) is 13.2 Å². The number of nitrogens with zero attached hydrogens (tertiary/aromatic N) is 1. The lowest BCUT2D eigenvalue weighted by Gasteiger charge is -2.54. The van der Waals surface area contributed by atoms with Gasteiger partial charge >= 0.3 is 5.97 Å². The number of hydrogen-bond acceptors (Lipinski definition) is 4. The number of ether oxygens (including phenoxy) is 2. The van der Waals surface area contributed by atoms with Gasteiger partial charge < -0.3 is 19.7 Å². The first-order valence-electron chi connectivity index (χ1n) is 6.39. The van der Waals surface area contributed by atoms with Crippen LogP contribution in [0.5, 0.6) is 5.75 Å². The van der Waals surface area contributed by atoms with Crippen molar-refractivity contribution >= 4 is 23.3 Å². The highest BCUT2D eigenvalue weighted by atomic mass is 32.1. The van der Waals surface area contributed by atoms with E-state index in [0.29, 0.717) is 5.11 Å². The molecule has 5 nitrogen and oxygen atoms in total. The minimum Gasteiger partial charge on any atom is -0.469 e. The Labute approximate surface area is 122 Å². The standard InChI is InChI=1S/C14H16N2O3S/c1-14-10(12(17)18-3)11(15-13(20)16(14)2)8-6-4-5-7-9(8)19-14/h4-7,10-11H,1-3H3,(H,15,20)/t10-,11+,14-/m0/s1. The molecule has 2 bridgehead atoms. The van der Waals surface area contributed by atoms with Gasteiger partial charge in [0.1, 0.15) is 11.7 Å². The average molecular weight is 292 g/mol. The number of carbonyl (C=O) groups excluding carboxylic acids is 1. The zero-order valence-electron chi connectivity index (χ0n) is 11.5. The van der Waals surface area contributed by atoms with E-state index in [1.807, 2.05) is 38.2 Å². The van der Waals surface area contributed by atoms with Crippen molar-refractivity contribution in [1.82, 2.24) is 10.2 Å². The molecule has 1 N–H and O–H groups in total. The van der Waals surface area contributed by atoms with Gasteiger partial charge in [-0.15, -0.1) is 0 Å². The first-order valence-corrected chi connectivity index (χ1v) is 6.80. The molecule has 3 rings (SSSR count). The molecule has 0 saturated carbocycles. The SMILES string of the molecule is COC(=O)[C@@H]1[C@@H]2NC(=S)N(C)[C@@]1(C)Oc1ccccc12. The molecule has 2 aliphatic heterocycles. The molecule has 3 atom stereocenters. The van der Waals surface area contributed by atoms with E-state index in [-0.39, 0.29) is 12.0 Å². The summed E-state index contributed by atoms with van der Waals surface area (Å²) in [4.78, 5) is 14.0. The molecule has 1 aromatic carbocycles. The molecule has 1 saturated heterocycles. The van der Waals surface area contributed by atoms with E-state index in [1.54, 1.807) is 4.90 Å². The van der Waals surface area contributed by atoms with Gasteiger partial charge in [-0.3, -0.25) is 4.79 Å². The zero-order valence-corrected chi connectivity index (χ0v) is 12.4. The second-order valence-electron chi connectivity index (χ2n) is 5.18. The van der Waals surface area contributed by atoms with Crippen molar-refractivity contribution in [2.24, 2.45) is 5.92 Å². The van der Waals surface area contributed by atoms with Gasteiger partial charge in [0.25, 0.3) is 0 Å². The van der Waals surface area contributed by atoms with Gasteiger partial charge in [0.2, 0.25) is 0 Å². The van der Waals surface area contributed by atoms with E-state index in [1.165, 1.54) is 7.11 Å². The van der Waals surface area contributed by atoms with Crippen molar-refractivity contribution in [2.75, 3.05) is 14.2 Å². The summed E-state index contributed by atoms with van der Waals surface area (Å²) in [5.41, 5.74) is 0.0740. The lowest BCUT2D eigenvalue weighted by atomic mass is 9.80. The van der Waals surface area contributed by atoms with Crippen molar-refractivity contribution in [3.05, 3.63) is 29.8 Å². The highest BCUT2D eigenvalue weighted by Crippen LogP contribution is 2.47. The minimum absolute atomic E-state index is 0.235. The van der Waals surface area contributed by atoms with Crippen LogP contribution in [0.3, 0.4) is 0 Å². The molecule has 1 fully saturated rings.